The molecule has 0 aliphatic carbocycles. The summed E-state index contributed by atoms with van der Waals surface area (Å²) in [6.45, 7) is 0. The van der Waals surface area contributed by atoms with Gasteiger partial charge in [0, 0.05) is 5.38 Å². The lowest BCUT2D eigenvalue weighted by Gasteiger charge is -1.89. The molecule has 0 fully saturated rings. The van der Waals surface area contributed by atoms with Crippen molar-refractivity contribution in [3.05, 3.63) is 14.7 Å². The highest BCUT2D eigenvalue weighted by molar-refractivity contribution is 7.99. The summed E-state index contributed by atoms with van der Waals surface area (Å²) in [4.78, 5) is 0.989. The zero-order valence-corrected chi connectivity index (χ0v) is 7.79. The van der Waals surface area contributed by atoms with Crippen molar-refractivity contribution in [3.8, 4) is 0 Å². The van der Waals surface area contributed by atoms with Gasteiger partial charge < -0.3 is 0 Å². The molecule has 0 aromatic carbocycles. The summed E-state index contributed by atoms with van der Waals surface area (Å²) < 4.78 is 0.785. The minimum Gasteiger partial charge on any atom is -0.129 e. The van der Waals surface area contributed by atoms with Gasteiger partial charge in [-0.15, -0.1) is 23.1 Å². The van der Waals surface area contributed by atoms with Crippen molar-refractivity contribution in [1.29, 1.82) is 0 Å². The summed E-state index contributed by atoms with van der Waals surface area (Å²) in [5, 5.41) is 2.60. The van der Waals surface area contributed by atoms with Gasteiger partial charge in [0.25, 0.3) is 0 Å². The summed E-state index contributed by atoms with van der Waals surface area (Å²) in [5.74, 6) is 0. The molecule has 0 nitrogen and oxygen atoms in total. The van der Waals surface area contributed by atoms with Crippen LogP contribution in [0.1, 0.15) is 0 Å². The second-order valence-electron chi connectivity index (χ2n) is 1.39. The minimum absolute atomic E-state index is 0.762. The molecule has 0 unspecified atom stereocenters. The van der Waals surface area contributed by atoms with Crippen LogP contribution in [0.3, 0.4) is 0 Å². The molecule has 0 radical (unpaired) electrons. The van der Waals surface area contributed by atoms with Gasteiger partial charge in [0.05, 0.1) is 9.92 Å². The van der Waals surface area contributed by atoms with Crippen molar-refractivity contribution in [3.63, 3.8) is 0 Å². The normalized spacial score (nSPS) is 10.1. The average molecular weight is 199 g/mol. The van der Waals surface area contributed by atoms with E-state index in [0.29, 0.717) is 0 Å². The van der Waals surface area contributed by atoms with E-state index in [1.807, 2.05) is 11.6 Å². The average Bonchev–Trinajstić information content (AvgIpc) is 2.12. The molecule has 0 saturated heterocycles. The monoisotopic (exact) mass is 198 g/mol. The van der Waals surface area contributed by atoms with Gasteiger partial charge in [-0.1, -0.05) is 23.2 Å². The molecule has 0 saturated carbocycles. The molecular weight excluding hydrogens is 195 g/mol. The van der Waals surface area contributed by atoms with Crippen molar-refractivity contribution in [1.82, 2.24) is 0 Å². The maximum absolute atomic E-state index is 5.76. The van der Waals surface area contributed by atoms with Crippen LogP contribution in [0.4, 0.5) is 0 Å². The van der Waals surface area contributed by atoms with E-state index in [-0.39, 0.29) is 0 Å². The van der Waals surface area contributed by atoms with Gasteiger partial charge in [-0.2, -0.15) is 0 Å². The third-order valence-electron chi connectivity index (χ3n) is 0.865. The fourth-order valence-corrected chi connectivity index (χ4v) is 2.94. The van der Waals surface area contributed by atoms with E-state index < -0.39 is 0 Å². The van der Waals surface area contributed by atoms with E-state index in [2.05, 4.69) is 0 Å². The Kier molecular flexibility index (Phi) is 2.71. The molecular formula is C5H4Cl2S2. The number of hydrogen-bond acceptors (Lipinski definition) is 2. The summed E-state index contributed by atoms with van der Waals surface area (Å²) in [7, 11) is 0. The first-order valence-electron chi connectivity index (χ1n) is 2.22. The summed E-state index contributed by atoms with van der Waals surface area (Å²) in [6.07, 6.45) is 1.96. The number of thiophene rings is 1. The lowest BCUT2D eigenvalue weighted by atomic mass is 10.7. The van der Waals surface area contributed by atoms with E-state index in [1.54, 1.807) is 11.8 Å². The van der Waals surface area contributed by atoms with Gasteiger partial charge in [-0.3, -0.25) is 0 Å². The third kappa shape index (κ3) is 1.55. The molecule has 1 aromatic rings. The quantitative estimate of drug-likeness (QED) is 0.620. The largest absolute Gasteiger partial charge is 0.129 e. The summed E-state index contributed by atoms with van der Waals surface area (Å²) >= 11 is 14.6. The maximum Gasteiger partial charge on any atom is 0.108 e. The molecule has 0 bridgehead atoms. The molecule has 1 aromatic heterocycles. The molecule has 0 amide bonds. The molecule has 4 heteroatoms. The van der Waals surface area contributed by atoms with E-state index in [4.69, 9.17) is 23.2 Å². The third-order valence-corrected chi connectivity index (χ3v) is 3.70. The van der Waals surface area contributed by atoms with Gasteiger partial charge in [0.1, 0.15) is 4.34 Å². The number of rotatable bonds is 1. The molecule has 9 heavy (non-hydrogen) atoms. The van der Waals surface area contributed by atoms with Crippen LogP contribution in [0.2, 0.25) is 9.36 Å². The van der Waals surface area contributed by atoms with Crippen LogP contribution in [-0.2, 0) is 0 Å². The number of thioether (sulfide) groups is 1. The molecule has 0 aliphatic heterocycles. The molecule has 0 N–H and O–H groups in total. The van der Waals surface area contributed by atoms with Crippen molar-refractivity contribution >= 4 is 46.3 Å². The van der Waals surface area contributed by atoms with Gasteiger partial charge >= 0.3 is 0 Å². The molecule has 1 rings (SSSR count). The lowest BCUT2D eigenvalue weighted by molar-refractivity contribution is 1.60. The molecule has 50 valence electrons. The molecule has 0 atom stereocenters. The topological polar surface area (TPSA) is 0 Å². The predicted octanol–water partition coefficient (Wildman–Crippen LogP) is 3.78. The van der Waals surface area contributed by atoms with Crippen LogP contribution in [-0.4, -0.2) is 6.26 Å². The Morgan fingerprint density at radius 2 is 2.22 bits per heavy atom. The maximum atomic E-state index is 5.76. The van der Waals surface area contributed by atoms with Crippen LogP contribution >= 0.6 is 46.3 Å². The Labute approximate surface area is 72.2 Å². The highest BCUT2D eigenvalue weighted by Gasteiger charge is 2.04. The molecule has 0 spiro atoms. The zero-order chi connectivity index (χ0) is 6.85. The van der Waals surface area contributed by atoms with Crippen LogP contribution in [0.25, 0.3) is 0 Å². The summed E-state index contributed by atoms with van der Waals surface area (Å²) in [6, 6.07) is 0. The zero-order valence-electron chi connectivity index (χ0n) is 4.65. The lowest BCUT2D eigenvalue weighted by Crippen LogP contribution is -1.60. The van der Waals surface area contributed by atoms with Crippen molar-refractivity contribution in [2.75, 3.05) is 6.26 Å². The second-order valence-corrected chi connectivity index (χ2v) is 4.10. The molecule has 1 heterocycles. The Morgan fingerprint density at radius 3 is 2.44 bits per heavy atom. The van der Waals surface area contributed by atoms with Crippen molar-refractivity contribution in [2.24, 2.45) is 0 Å². The van der Waals surface area contributed by atoms with E-state index in [0.717, 1.165) is 14.3 Å². The second kappa shape index (κ2) is 3.15. The standard InChI is InChI=1S/C5H4Cl2S2/c1-8-4-3(6)2-9-5(4)7/h2H,1H3. The van der Waals surface area contributed by atoms with Crippen LogP contribution < -0.4 is 0 Å². The van der Waals surface area contributed by atoms with Crippen LogP contribution in [0, 0.1) is 0 Å². The van der Waals surface area contributed by atoms with Gasteiger partial charge in [0.2, 0.25) is 0 Å². The van der Waals surface area contributed by atoms with E-state index >= 15 is 0 Å². The van der Waals surface area contributed by atoms with Gasteiger partial charge in [-0.05, 0) is 6.26 Å². The first-order chi connectivity index (χ1) is 4.25. The van der Waals surface area contributed by atoms with Crippen molar-refractivity contribution in [2.45, 2.75) is 4.90 Å². The van der Waals surface area contributed by atoms with Crippen molar-refractivity contribution < 1.29 is 0 Å². The van der Waals surface area contributed by atoms with Gasteiger partial charge in [-0.25, -0.2) is 0 Å². The fourth-order valence-electron chi connectivity index (χ4n) is 0.482. The smallest absolute Gasteiger partial charge is 0.108 e. The minimum atomic E-state index is 0.762. The van der Waals surface area contributed by atoms with E-state index in [9.17, 15) is 0 Å². The Bertz CT molecular complexity index is 187. The highest BCUT2D eigenvalue weighted by Crippen LogP contribution is 2.37. The van der Waals surface area contributed by atoms with E-state index in [1.165, 1.54) is 11.3 Å². The van der Waals surface area contributed by atoms with Crippen LogP contribution in [0.15, 0.2) is 10.3 Å². The first-order valence-corrected chi connectivity index (χ1v) is 5.08. The van der Waals surface area contributed by atoms with Crippen LogP contribution in [0.5, 0.6) is 0 Å². The fraction of sp³-hybridized carbons (Fsp3) is 0.200. The number of hydrogen-bond donors (Lipinski definition) is 0. The molecule has 0 aliphatic rings. The first kappa shape index (κ1) is 7.73. The Morgan fingerprint density at radius 1 is 1.56 bits per heavy atom. The Hall–Kier alpha value is 0.630. The predicted molar refractivity (Wildman–Crippen MR) is 46.1 cm³/mol. The van der Waals surface area contributed by atoms with Gasteiger partial charge in [0.15, 0.2) is 0 Å². The SMILES string of the molecule is CSc1c(Cl)csc1Cl. The summed E-state index contributed by atoms with van der Waals surface area (Å²) in [5.41, 5.74) is 0. The highest BCUT2D eigenvalue weighted by atomic mass is 35.5. The Balaban J connectivity index is 3.07. The number of halogens is 2.